The Hall–Kier alpha value is -2.50. The van der Waals surface area contributed by atoms with Gasteiger partial charge in [-0.05, 0) is 37.3 Å². The van der Waals surface area contributed by atoms with Crippen LogP contribution in [0.2, 0.25) is 0 Å². The van der Waals surface area contributed by atoms with E-state index in [4.69, 9.17) is 0 Å². The first kappa shape index (κ1) is 17.3. The van der Waals surface area contributed by atoms with Crippen molar-refractivity contribution in [3.63, 3.8) is 0 Å². The molecule has 5 nitrogen and oxygen atoms in total. The summed E-state index contributed by atoms with van der Waals surface area (Å²) in [6.45, 7) is 4.69. The highest BCUT2D eigenvalue weighted by Crippen LogP contribution is 2.28. The minimum atomic E-state index is -0.836. The van der Waals surface area contributed by atoms with Crippen LogP contribution in [0.1, 0.15) is 44.7 Å². The normalized spacial score (nSPS) is 17.8. The third-order valence-electron chi connectivity index (χ3n) is 4.49. The van der Waals surface area contributed by atoms with Crippen molar-refractivity contribution in [2.75, 3.05) is 11.4 Å². The number of carboxylic acid groups (broad SMARTS) is 1. The Morgan fingerprint density at radius 2 is 2.08 bits per heavy atom. The molecule has 1 atom stereocenters. The van der Waals surface area contributed by atoms with E-state index in [2.05, 4.69) is 9.97 Å². The van der Waals surface area contributed by atoms with Crippen LogP contribution in [0.25, 0.3) is 11.4 Å². The van der Waals surface area contributed by atoms with Crippen LogP contribution < -0.4 is 4.90 Å². The molecule has 0 saturated carbocycles. The molecule has 0 radical (unpaired) electrons. The predicted octanol–water partition coefficient (Wildman–Crippen LogP) is 3.85. The van der Waals surface area contributed by atoms with Crippen molar-refractivity contribution in [2.24, 2.45) is 0 Å². The standard InChI is InChI=1S/C19H22FN3O2/c1-12(2)15-11-17(23-9-4-3-8-16(23)19(24)25)22-18(21-15)13-6-5-7-14(20)10-13/h5-7,10-12,16H,3-4,8-9H2,1-2H3,(H,24,25). The molecule has 1 N–H and O–H groups in total. The van der Waals surface area contributed by atoms with Gasteiger partial charge in [0.15, 0.2) is 5.82 Å². The van der Waals surface area contributed by atoms with Crippen molar-refractivity contribution in [3.8, 4) is 11.4 Å². The highest BCUT2D eigenvalue weighted by Gasteiger charge is 2.30. The fourth-order valence-corrected chi connectivity index (χ4v) is 3.11. The van der Waals surface area contributed by atoms with Gasteiger partial charge in [-0.25, -0.2) is 19.2 Å². The molecule has 1 unspecified atom stereocenters. The van der Waals surface area contributed by atoms with Crippen molar-refractivity contribution < 1.29 is 14.3 Å². The molecule has 1 aromatic heterocycles. The number of hydrogen-bond donors (Lipinski definition) is 1. The first-order chi connectivity index (χ1) is 12.0. The lowest BCUT2D eigenvalue weighted by molar-refractivity contribution is -0.139. The highest BCUT2D eigenvalue weighted by molar-refractivity contribution is 5.78. The van der Waals surface area contributed by atoms with Crippen LogP contribution in [0.5, 0.6) is 0 Å². The molecule has 0 spiro atoms. The number of rotatable bonds is 4. The van der Waals surface area contributed by atoms with Gasteiger partial charge in [0.25, 0.3) is 0 Å². The van der Waals surface area contributed by atoms with Crippen LogP contribution in [-0.4, -0.2) is 33.6 Å². The van der Waals surface area contributed by atoms with Crippen molar-refractivity contribution >= 4 is 11.8 Å². The first-order valence-electron chi connectivity index (χ1n) is 8.60. The van der Waals surface area contributed by atoms with Crippen molar-refractivity contribution in [1.82, 2.24) is 9.97 Å². The summed E-state index contributed by atoms with van der Waals surface area (Å²) in [5.41, 5.74) is 1.41. The Morgan fingerprint density at radius 3 is 2.76 bits per heavy atom. The number of carboxylic acids is 1. The lowest BCUT2D eigenvalue weighted by Gasteiger charge is -2.34. The molecule has 0 bridgehead atoms. The second kappa shape index (κ2) is 7.17. The zero-order valence-corrected chi connectivity index (χ0v) is 14.4. The van der Waals surface area contributed by atoms with Crippen molar-refractivity contribution in [1.29, 1.82) is 0 Å². The van der Waals surface area contributed by atoms with E-state index in [0.717, 1.165) is 18.5 Å². The monoisotopic (exact) mass is 343 g/mol. The van der Waals surface area contributed by atoms with E-state index in [1.807, 2.05) is 24.8 Å². The molecule has 2 aromatic rings. The van der Waals surface area contributed by atoms with Gasteiger partial charge in [-0.1, -0.05) is 26.0 Å². The maximum absolute atomic E-state index is 13.6. The van der Waals surface area contributed by atoms with Crippen LogP contribution in [0.4, 0.5) is 10.2 Å². The molecule has 1 aromatic carbocycles. The Morgan fingerprint density at radius 1 is 1.28 bits per heavy atom. The quantitative estimate of drug-likeness (QED) is 0.913. The van der Waals surface area contributed by atoms with Gasteiger partial charge in [0.2, 0.25) is 0 Å². The fourth-order valence-electron chi connectivity index (χ4n) is 3.11. The minimum Gasteiger partial charge on any atom is -0.480 e. The van der Waals surface area contributed by atoms with Gasteiger partial charge < -0.3 is 10.0 Å². The zero-order valence-electron chi connectivity index (χ0n) is 14.4. The Balaban J connectivity index is 2.08. The fraction of sp³-hybridized carbons (Fsp3) is 0.421. The number of nitrogens with zero attached hydrogens (tertiary/aromatic N) is 3. The van der Waals surface area contributed by atoms with E-state index in [0.29, 0.717) is 30.2 Å². The number of aliphatic carboxylic acids is 1. The molecular weight excluding hydrogens is 321 g/mol. The van der Waals surface area contributed by atoms with Gasteiger partial charge in [0.1, 0.15) is 17.7 Å². The molecular formula is C19H22FN3O2. The molecule has 0 amide bonds. The average Bonchev–Trinajstić information content (AvgIpc) is 2.61. The van der Waals surface area contributed by atoms with Gasteiger partial charge in [0.05, 0.1) is 0 Å². The van der Waals surface area contributed by atoms with Crippen molar-refractivity contribution in [2.45, 2.75) is 45.1 Å². The van der Waals surface area contributed by atoms with E-state index >= 15 is 0 Å². The summed E-state index contributed by atoms with van der Waals surface area (Å²) in [5.74, 6) is -0.00157. The second-order valence-corrected chi connectivity index (χ2v) is 6.68. The number of piperidine rings is 1. The van der Waals surface area contributed by atoms with Crippen LogP contribution in [-0.2, 0) is 4.79 Å². The van der Waals surface area contributed by atoms with E-state index in [-0.39, 0.29) is 11.7 Å². The van der Waals surface area contributed by atoms with E-state index < -0.39 is 12.0 Å². The van der Waals surface area contributed by atoms with Gasteiger partial charge in [0, 0.05) is 23.9 Å². The summed E-state index contributed by atoms with van der Waals surface area (Å²) in [6.07, 6.45) is 2.43. The second-order valence-electron chi connectivity index (χ2n) is 6.68. The Bertz CT molecular complexity index is 779. The number of aromatic nitrogens is 2. The molecule has 1 saturated heterocycles. The smallest absolute Gasteiger partial charge is 0.326 e. The van der Waals surface area contributed by atoms with Crippen LogP contribution in [0.15, 0.2) is 30.3 Å². The van der Waals surface area contributed by atoms with Crippen LogP contribution in [0.3, 0.4) is 0 Å². The first-order valence-corrected chi connectivity index (χ1v) is 8.60. The summed E-state index contributed by atoms with van der Waals surface area (Å²) in [6, 6.07) is 7.43. The molecule has 1 aliphatic heterocycles. The number of hydrogen-bond acceptors (Lipinski definition) is 4. The summed E-state index contributed by atoms with van der Waals surface area (Å²) in [4.78, 5) is 22.6. The zero-order chi connectivity index (χ0) is 18.0. The topological polar surface area (TPSA) is 66.3 Å². The van der Waals surface area contributed by atoms with E-state index in [1.165, 1.54) is 12.1 Å². The minimum absolute atomic E-state index is 0.155. The number of benzene rings is 1. The molecule has 25 heavy (non-hydrogen) atoms. The molecule has 3 rings (SSSR count). The summed E-state index contributed by atoms with van der Waals surface area (Å²) < 4.78 is 13.6. The van der Waals surface area contributed by atoms with Crippen molar-refractivity contribution in [3.05, 3.63) is 41.8 Å². The SMILES string of the molecule is CC(C)c1cc(N2CCCCC2C(=O)O)nc(-c2cccc(F)c2)n1. The molecule has 0 aliphatic carbocycles. The average molecular weight is 343 g/mol. The van der Waals surface area contributed by atoms with Gasteiger partial charge in [-0.15, -0.1) is 0 Å². The maximum atomic E-state index is 13.6. The third kappa shape index (κ3) is 3.78. The predicted molar refractivity (Wildman–Crippen MR) is 94.1 cm³/mol. The molecule has 1 fully saturated rings. The van der Waals surface area contributed by atoms with Crippen LogP contribution in [0, 0.1) is 5.82 Å². The molecule has 1 aliphatic rings. The lowest BCUT2D eigenvalue weighted by Crippen LogP contribution is -2.45. The number of halogens is 1. The molecule has 2 heterocycles. The lowest BCUT2D eigenvalue weighted by atomic mass is 10.0. The Kier molecular flexibility index (Phi) is 4.97. The number of carbonyl (C=O) groups is 1. The maximum Gasteiger partial charge on any atom is 0.326 e. The van der Waals surface area contributed by atoms with E-state index in [9.17, 15) is 14.3 Å². The largest absolute Gasteiger partial charge is 0.480 e. The van der Waals surface area contributed by atoms with E-state index in [1.54, 1.807) is 12.1 Å². The van der Waals surface area contributed by atoms with Gasteiger partial charge in [-0.3, -0.25) is 0 Å². The Labute approximate surface area is 146 Å². The molecule has 6 heteroatoms. The van der Waals surface area contributed by atoms with Crippen LogP contribution >= 0.6 is 0 Å². The summed E-state index contributed by atoms with van der Waals surface area (Å²) in [5, 5.41) is 9.54. The van der Waals surface area contributed by atoms with Gasteiger partial charge in [-0.2, -0.15) is 0 Å². The third-order valence-corrected chi connectivity index (χ3v) is 4.49. The molecule has 132 valence electrons. The highest BCUT2D eigenvalue weighted by atomic mass is 19.1. The number of anilines is 1. The summed E-state index contributed by atoms with van der Waals surface area (Å²) in [7, 11) is 0. The van der Waals surface area contributed by atoms with Gasteiger partial charge >= 0.3 is 5.97 Å². The summed E-state index contributed by atoms with van der Waals surface area (Å²) >= 11 is 0.